The third-order valence-corrected chi connectivity index (χ3v) is 4.68. The van der Waals surface area contributed by atoms with Crippen LogP contribution < -0.4 is 0 Å². The van der Waals surface area contributed by atoms with Crippen LogP contribution in [-0.4, -0.2) is 18.9 Å². The lowest BCUT2D eigenvalue weighted by Crippen LogP contribution is -2.25. The van der Waals surface area contributed by atoms with Gasteiger partial charge in [0.05, 0.1) is 13.0 Å². The molecule has 102 valence electrons. The minimum Gasteiger partial charge on any atom is -0.469 e. The van der Waals surface area contributed by atoms with Crippen LogP contribution in [0, 0.1) is 17.8 Å². The van der Waals surface area contributed by atoms with Crippen molar-refractivity contribution in [1.82, 2.24) is 0 Å². The summed E-state index contributed by atoms with van der Waals surface area (Å²) >= 11 is 0. The molecule has 0 saturated heterocycles. The van der Waals surface area contributed by atoms with Crippen molar-refractivity contribution in [2.24, 2.45) is 17.8 Å². The highest BCUT2D eigenvalue weighted by Gasteiger charge is 2.30. The number of esters is 1. The fraction of sp³-hybridized carbons (Fsp3) is 0.867. The molecule has 0 atom stereocenters. The van der Waals surface area contributed by atoms with Crippen molar-refractivity contribution in [2.45, 2.75) is 57.8 Å². The van der Waals surface area contributed by atoms with Crippen LogP contribution in [0.4, 0.5) is 0 Å². The lowest BCUT2D eigenvalue weighted by molar-refractivity contribution is -0.146. The second kappa shape index (κ2) is 6.35. The van der Waals surface area contributed by atoms with E-state index in [1.807, 2.05) is 0 Å². The summed E-state index contributed by atoms with van der Waals surface area (Å²) in [5, 5.41) is 0. The minimum atomic E-state index is -0.0735. The molecular weight excluding hydrogens is 228 g/mol. The maximum Gasteiger partial charge on any atom is 0.308 e. The Bertz CT molecular complexity index is 297. The van der Waals surface area contributed by atoms with Crippen molar-refractivity contribution in [2.75, 3.05) is 7.11 Å². The molecule has 0 bridgehead atoms. The minimum absolute atomic E-state index is 0.0735. The van der Waals surface area contributed by atoms with Crippen LogP contribution in [0.1, 0.15) is 57.8 Å². The molecule has 0 aromatic heterocycles. The Morgan fingerprint density at radius 1 is 0.944 bits per heavy atom. The number of carbonyl (C=O) groups excluding carboxylic acids is 2. The quantitative estimate of drug-likeness (QED) is 0.722. The smallest absolute Gasteiger partial charge is 0.308 e. The number of rotatable bonds is 4. The molecule has 0 spiro atoms. The van der Waals surface area contributed by atoms with Crippen molar-refractivity contribution < 1.29 is 14.3 Å². The largest absolute Gasteiger partial charge is 0.469 e. The van der Waals surface area contributed by atoms with E-state index in [0.717, 1.165) is 44.9 Å². The summed E-state index contributed by atoms with van der Waals surface area (Å²) in [6.45, 7) is 0. The fourth-order valence-electron chi connectivity index (χ4n) is 3.47. The Morgan fingerprint density at radius 3 is 2.11 bits per heavy atom. The van der Waals surface area contributed by atoms with E-state index in [9.17, 15) is 9.59 Å². The van der Waals surface area contributed by atoms with Crippen LogP contribution in [0.15, 0.2) is 0 Å². The van der Waals surface area contributed by atoms with E-state index in [0.29, 0.717) is 17.6 Å². The highest BCUT2D eigenvalue weighted by molar-refractivity contribution is 5.81. The molecule has 0 unspecified atom stereocenters. The first-order chi connectivity index (χ1) is 8.70. The number of ether oxygens (including phenoxy) is 1. The van der Waals surface area contributed by atoms with Gasteiger partial charge in [0.15, 0.2) is 0 Å². The van der Waals surface area contributed by atoms with E-state index in [4.69, 9.17) is 4.74 Å². The van der Waals surface area contributed by atoms with Gasteiger partial charge in [-0.15, -0.1) is 0 Å². The number of methoxy groups -OCH3 is 1. The Hall–Kier alpha value is -0.860. The van der Waals surface area contributed by atoms with Gasteiger partial charge in [-0.05, 0) is 44.4 Å². The average Bonchev–Trinajstić information content (AvgIpc) is 2.92. The van der Waals surface area contributed by atoms with Gasteiger partial charge in [0.2, 0.25) is 0 Å². The molecule has 2 fully saturated rings. The first-order valence-electron chi connectivity index (χ1n) is 7.31. The molecule has 0 amide bonds. The maximum atomic E-state index is 12.1. The number of hydrogen-bond donors (Lipinski definition) is 0. The zero-order valence-electron chi connectivity index (χ0n) is 11.3. The maximum absolute atomic E-state index is 12.1. The van der Waals surface area contributed by atoms with Crippen LogP contribution in [0.5, 0.6) is 0 Å². The van der Waals surface area contributed by atoms with Crippen molar-refractivity contribution in [3.63, 3.8) is 0 Å². The van der Waals surface area contributed by atoms with Gasteiger partial charge in [0.25, 0.3) is 0 Å². The van der Waals surface area contributed by atoms with Gasteiger partial charge in [0.1, 0.15) is 5.78 Å². The predicted octanol–water partition coefficient (Wildman–Crippen LogP) is 3.12. The van der Waals surface area contributed by atoms with Gasteiger partial charge in [-0.2, -0.15) is 0 Å². The van der Waals surface area contributed by atoms with Crippen molar-refractivity contribution in [3.8, 4) is 0 Å². The highest BCUT2D eigenvalue weighted by atomic mass is 16.5. The molecule has 2 saturated carbocycles. The first kappa shape index (κ1) is 13.6. The summed E-state index contributed by atoms with van der Waals surface area (Å²) in [7, 11) is 1.46. The number of hydrogen-bond acceptors (Lipinski definition) is 3. The Morgan fingerprint density at radius 2 is 1.56 bits per heavy atom. The fourth-order valence-corrected chi connectivity index (χ4v) is 3.47. The zero-order chi connectivity index (χ0) is 13.0. The molecule has 0 heterocycles. The Labute approximate surface area is 109 Å². The SMILES string of the molecule is COC(=O)[C@H]1CC[C@H](CC(=O)C2CCCC2)CC1. The molecular formula is C15H24O3. The number of Topliss-reactive ketones (excluding diaryl/α,β-unsaturated/α-hetero) is 1. The van der Waals surface area contributed by atoms with E-state index in [1.165, 1.54) is 20.0 Å². The molecule has 3 heteroatoms. The summed E-state index contributed by atoms with van der Waals surface area (Å²) in [4.78, 5) is 23.5. The third kappa shape index (κ3) is 3.33. The monoisotopic (exact) mass is 252 g/mol. The molecule has 0 radical (unpaired) electrons. The Balaban J connectivity index is 1.73. The van der Waals surface area contributed by atoms with Crippen molar-refractivity contribution >= 4 is 11.8 Å². The summed E-state index contributed by atoms with van der Waals surface area (Å²) in [6.07, 6.45) is 9.24. The molecule has 2 aliphatic rings. The molecule has 0 aromatic carbocycles. The summed E-state index contributed by atoms with van der Waals surface area (Å²) in [6, 6.07) is 0. The first-order valence-corrected chi connectivity index (χ1v) is 7.31. The Kier molecular flexibility index (Phi) is 4.79. The molecule has 3 nitrogen and oxygen atoms in total. The van der Waals surface area contributed by atoms with E-state index in [1.54, 1.807) is 0 Å². The second-order valence-corrected chi connectivity index (χ2v) is 5.89. The standard InChI is InChI=1S/C15H24O3/c1-18-15(17)13-8-6-11(7-9-13)10-14(16)12-4-2-3-5-12/h11-13H,2-10H2,1H3/t11-,13-. The molecule has 0 N–H and O–H groups in total. The van der Waals surface area contributed by atoms with E-state index in [2.05, 4.69) is 0 Å². The summed E-state index contributed by atoms with van der Waals surface area (Å²) in [5.41, 5.74) is 0. The topological polar surface area (TPSA) is 43.4 Å². The van der Waals surface area contributed by atoms with E-state index in [-0.39, 0.29) is 11.9 Å². The molecule has 18 heavy (non-hydrogen) atoms. The van der Waals surface area contributed by atoms with Crippen molar-refractivity contribution in [1.29, 1.82) is 0 Å². The van der Waals surface area contributed by atoms with Crippen LogP contribution in [0.2, 0.25) is 0 Å². The zero-order valence-corrected chi connectivity index (χ0v) is 11.3. The van der Waals surface area contributed by atoms with E-state index >= 15 is 0 Å². The van der Waals surface area contributed by atoms with Crippen LogP contribution in [0.3, 0.4) is 0 Å². The van der Waals surface area contributed by atoms with Gasteiger partial charge in [-0.3, -0.25) is 9.59 Å². The molecule has 0 aromatic rings. The average molecular weight is 252 g/mol. The number of carbonyl (C=O) groups is 2. The summed E-state index contributed by atoms with van der Waals surface area (Å²) in [5.74, 6) is 1.35. The predicted molar refractivity (Wildman–Crippen MR) is 69.0 cm³/mol. The van der Waals surface area contributed by atoms with Crippen LogP contribution in [-0.2, 0) is 14.3 Å². The lowest BCUT2D eigenvalue weighted by atomic mass is 9.78. The van der Waals surface area contributed by atoms with Gasteiger partial charge in [-0.1, -0.05) is 12.8 Å². The second-order valence-electron chi connectivity index (χ2n) is 5.89. The van der Waals surface area contributed by atoms with Crippen molar-refractivity contribution in [3.05, 3.63) is 0 Å². The molecule has 0 aliphatic heterocycles. The van der Waals surface area contributed by atoms with E-state index < -0.39 is 0 Å². The van der Waals surface area contributed by atoms with Gasteiger partial charge < -0.3 is 4.74 Å². The third-order valence-electron chi connectivity index (χ3n) is 4.68. The molecule has 2 rings (SSSR count). The molecule has 2 aliphatic carbocycles. The van der Waals surface area contributed by atoms with Crippen LogP contribution in [0.25, 0.3) is 0 Å². The lowest BCUT2D eigenvalue weighted by Gasteiger charge is -2.27. The van der Waals surface area contributed by atoms with Gasteiger partial charge >= 0.3 is 5.97 Å². The highest BCUT2D eigenvalue weighted by Crippen LogP contribution is 2.34. The normalized spacial score (nSPS) is 29.2. The van der Waals surface area contributed by atoms with Gasteiger partial charge in [-0.25, -0.2) is 0 Å². The number of ketones is 1. The van der Waals surface area contributed by atoms with Crippen LogP contribution >= 0.6 is 0 Å². The van der Waals surface area contributed by atoms with Gasteiger partial charge in [0, 0.05) is 12.3 Å². The summed E-state index contributed by atoms with van der Waals surface area (Å²) < 4.78 is 4.78.